The number of carbonyl (C=O) groups is 1. The van der Waals surface area contributed by atoms with Crippen LogP contribution >= 0.6 is 11.6 Å². The third-order valence-corrected chi connectivity index (χ3v) is 6.05. The van der Waals surface area contributed by atoms with Crippen LogP contribution in [-0.2, 0) is 10.2 Å². The molecule has 8 heteroatoms. The summed E-state index contributed by atoms with van der Waals surface area (Å²) in [6, 6.07) is 11.1. The monoisotopic (exact) mass is 454 g/mol. The van der Waals surface area contributed by atoms with Gasteiger partial charge in [-0.3, -0.25) is 9.78 Å². The van der Waals surface area contributed by atoms with Crippen LogP contribution in [0, 0.1) is 5.82 Å². The summed E-state index contributed by atoms with van der Waals surface area (Å²) in [5.41, 5.74) is 1.99. The molecule has 0 saturated carbocycles. The van der Waals surface area contributed by atoms with Crippen molar-refractivity contribution in [3.8, 4) is 5.75 Å². The molecule has 0 unspecified atom stereocenters. The van der Waals surface area contributed by atoms with Gasteiger partial charge in [0, 0.05) is 25.4 Å². The second-order valence-corrected chi connectivity index (χ2v) is 8.56. The zero-order chi connectivity index (χ0) is 22.9. The lowest BCUT2D eigenvalue weighted by atomic mass is 9.69. The van der Waals surface area contributed by atoms with Crippen molar-refractivity contribution in [1.82, 2.24) is 9.97 Å². The first kappa shape index (κ1) is 22.0. The molecule has 1 aliphatic heterocycles. The maximum absolute atomic E-state index is 14.4. The van der Waals surface area contributed by atoms with E-state index in [9.17, 15) is 9.18 Å². The molecular weight excluding hydrogens is 431 g/mol. The van der Waals surface area contributed by atoms with Crippen molar-refractivity contribution < 1.29 is 13.9 Å². The van der Waals surface area contributed by atoms with E-state index >= 15 is 0 Å². The van der Waals surface area contributed by atoms with E-state index in [1.165, 1.54) is 19.5 Å². The second kappa shape index (κ2) is 8.74. The molecule has 1 aromatic carbocycles. The van der Waals surface area contributed by atoms with Gasteiger partial charge in [-0.15, -0.1) is 0 Å². The molecule has 1 saturated heterocycles. The zero-order valence-corrected chi connectivity index (χ0v) is 18.9. The molecule has 3 heterocycles. The first-order chi connectivity index (χ1) is 15.4. The van der Waals surface area contributed by atoms with Gasteiger partial charge < -0.3 is 15.0 Å². The predicted molar refractivity (Wildman–Crippen MR) is 123 cm³/mol. The van der Waals surface area contributed by atoms with Crippen molar-refractivity contribution in [2.24, 2.45) is 0 Å². The van der Waals surface area contributed by atoms with Crippen molar-refractivity contribution in [1.29, 1.82) is 0 Å². The van der Waals surface area contributed by atoms with Gasteiger partial charge >= 0.3 is 0 Å². The zero-order valence-electron chi connectivity index (χ0n) is 18.1. The molecule has 0 atom stereocenters. The number of pyridine rings is 2. The van der Waals surface area contributed by atoms with Crippen molar-refractivity contribution in [3.63, 3.8) is 0 Å². The number of rotatable bonds is 6. The van der Waals surface area contributed by atoms with Crippen LogP contribution < -0.4 is 15.0 Å². The Labute approximate surface area is 191 Å². The van der Waals surface area contributed by atoms with Gasteiger partial charge in [0.25, 0.3) is 0 Å². The molecule has 1 fully saturated rings. The van der Waals surface area contributed by atoms with E-state index in [-0.39, 0.29) is 17.0 Å². The fourth-order valence-corrected chi connectivity index (χ4v) is 4.34. The van der Waals surface area contributed by atoms with E-state index in [0.717, 1.165) is 11.1 Å². The smallest absolute Gasteiger partial charge is 0.238 e. The summed E-state index contributed by atoms with van der Waals surface area (Å²) in [6.45, 7) is 4.84. The van der Waals surface area contributed by atoms with Crippen LogP contribution in [0.25, 0.3) is 0 Å². The number of nitrogens with zero attached hydrogens (tertiary/aromatic N) is 3. The number of methoxy groups -OCH3 is 1. The molecule has 32 heavy (non-hydrogen) atoms. The number of anilines is 2. The fraction of sp³-hybridized carbons (Fsp3) is 0.292. The Hall–Kier alpha value is -3.19. The van der Waals surface area contributed by atoms with E-state index in [1.807, 2.05) is 29.2 Å². The average Bonchev–Trinajstić information content (AvgIpc) is 2.75. The van der Waals surface area contributed by atoms with Crippen LogP contribution in [0.3, 0.4) is 0 Å². The first-order valence-corrected chi connectivity index (χ1v) is 10.7. The lowest BCUT2D eigenvalue weighted by molar-refractivity contribution is -0.122. The normalized spacial score (nSPS) is 14.8. The van der Waals surface area contributed by atoms with Crippen molar-refractivity contribution in [2.45, 2.75) is 25.2 Å². The fourth-order valence-electron chi connectivity index (χ4n) is 4.19. The number of ether oxygens (including phenoxy) is 1. The minimum Gasteiger partial charge on any atom is -0.494 e. The summed E-state index contributed by atoms with van der Waals surface area (Å²) >= 11 is 5.96. The van der Waals surface area contributed by atoms with Crippen LogP contribution in [0.15, 0.2) is 55.0 Å². The first-order valence-electron chi connectivity index (χ1n) is 10.3. The van der Waals surface area contributed by atoms with E-state index in [4.69, 9.17) is 16.3 Å². The maximum Gasteiger partial charge on any atom is 0.238 e. The van der Waals surface area contributed by atoms with Crippen molar-refractivity contribution in [3.05, 3.63) is 77.1 Å². The van der Waals surface area contributed by atoms with Crippen molar-refractivity contribution >= 4 is 28.9 Å². The minimum atomic E-state index is -0.874. The molecule has 1 N–H and O–H groups in total. The Balaban J connectivity index is 1.73. The SMILES string of the molecule is COc1cc(Cl)ncc1NC(=O)C1(c2ccccc2C(C)C)CN(c2ccncc2F)C1. The quantitative estimate of drug-likeness (QED) is 0.542. The van der Waals surface area contributed by atoms with Gasteiger partial charge in [-0.05, 0) is 23.1 Å². The van der Waals surface area contributed by atoms with E-state index in [2.05, 4.69) is 29.1 Å². The Morgan fingerprint density at radius 1 is 1.25 bits per heavy atom. The minimum absolute atomic E-state index is 0.210. The number of halogens is 2. The van der Waals surface area contributed by atoms with Crippen LogP contribution in [-0.4, -0.2) is 36.1 Å². The number of hydrogen-bond donors (Lipinski definition) is 1. The van der Waals surface area contributed by atoms with E-state index in [1.54, 1.807) is 18.3 Å². The Kier molecular flexibility index (Phi) is 6.02. The summed E-state index contributed by atoms with van der Waals surface area (Å²) in [4.78, 5) is 23.5. The average molecular weight is 455 g/mol. The van der Waals surface area contributed by atoms with Gasteiger partial charge in [0.2, 0.25) is 5.91 Å². The van der Waals surface area contributed by atoms with Gasteiger partial charge in [-0.1, -0.05) is 49.7 Å². The van der Waals surface area contributed by atoms with Crippen LogP contribution in [0.2, 0.25) is 5.15 Å². The summed E-state index contributed by atoms with van der Waals surface area (Å²) in [5.74, 6) is 0.0114. The van der Waals surface area contributed by atoms with Crippen molar-refractivity contribution in [2.75, 3.05) is 30.4 Å². The maximum atomic E-state index is 14.4. The number of amides is 1. The number of benzene rings is 1. The summed E-state index contributed by atoms with van der Waals surface area (Å²) in [5, 5.41) is 3.23. The topological polar surface area (TPSA) is 67.3 Å². The van der Waals surface area contributed by atoms with Gasteiger partial charge in [0.05, 0.1) is 25.2 Å². The predicted octanol–water partition coefficient (Wildman–Crippen LogP) is 4.80. The van der Waals surface area contributed by atoms with Crippen LogP contribution in [0.4, 0.5) is 15.8 Å². The molecule has 0 bridgehead atoms. The second-order valence-electron chi connectivity index (χ2n) is 8.17. The molecule has 0 spiro atoms. The Morgan fingerprint density at radius 2 is 2.00 bits per heavy atom. The van der Waals surface area contributed by atoms with Crippen LogP contribution in [0.5, 0.6) is 5.75 Å². The molecule has 4 rings (SSSR count). The highest BCUT2D eigenvalue weighted by Crippen LogP contribution is 2.42. The molecular formula is C24H24ClFN4O2. The standard InChI is InChI=1S/C24H24ClFN4O2/c1-15(2)16-6-4-5-7-17(16)24(13-30(14-24)20-8-9-27-11-18(20)26)23(31)29-19-12-28-22(25)10-21(19)32-3/h4-12,15H,13-14H2,1-3H3,(H,29,31). The third-order valence-electron chi connectivity index (χ3n) is 5.85. The molecule has 2 aromatic heterocycles. The molecule has 166 valence electrons. The molecule has 3 aromatic rings. The van der Waals surface area contributed by atoms with Gasteiger partial charge in [-0.25, -0.2) is 9.37 Å². The summed E-state index contributed by atoms with van der Waals surface area (Å²) < 4.78 is 19.7. The Morgan fingerprint density at radius 3 is 2.69 bits per heavy atom. The summed E-state index contributed by atoms with van der Waals surface area (Å²) in [7, 11) is 1.50. The third kappa shape index (κ3) is 3.88. The molecule has 1 aliphatic rings. The number of carbonyl (C=O) groups excluding carboxylic acids is 1. The summed E-state index contributed by atoms with van der Waals surface area (Å²) in [6.07, 6.45) is 4.20. The highest BCUT2D eigenvalue weighted by atomic mass is 35.5. The van der Waals surface area contributed by atoms with Gasteiger partial charge in [0.15, 0.2) is 5.82 Å². The highest BCUT2D eigenvalue weighted by molar-refractivity contribution is 6.29. The molecule has 1 amide bonds. The van der Waals surface area contributed by atoms with E-state index in [0.29, 0.717) is 30.2 Å². The largest absolute Gasteiger partial charge is 0.494 e. The Bertz CT molecular complexity index is 1150. The van der Waals surface area contributed by atoms with Crippen LogP contribution in [0.1, 0.15) is 30.9 Å². The van der Waals surface area contributed by atoms with Gasteiger partial charge in [-0.2, -0.15) is 0 Å². The number of nitrogens with one attached hydrogen (secondary N) is 1. The van der Waals surface area contributed by atoms with Gasteiger partial charge in [0.1, 0.15) is 22.0 Å². The lowest BCUT2D eigenvalue weighted by Crippen LogP contribution is -2.65. The number of aromatic nitrogens is 2. The van der Waals surface area contributed by atoms with E-state index < -0.39 is 11.2 Å². The lowest BCUT2D eigenvalue weighted by Gasteiger charge is -2.51. The number of hydrogen-bond acceptors (Lipinski definition) is 5. The molecule has 0 aliphatic carbocycles. The molecule has 6 nitrogen and oxygen atoms in total. The molecule has 0 radical (unpaired) electrons. The highest BCUT2D eigenvalue weighted by Gasteiger charge is 2.52.